The maximum atomic E-state index is 10.9. The second kappa shape index (κ2) is 6.61. The van der Waals surface area contributed by atoms with Crippen LogP contribution in [0.1, 0.15) is 6.42 Å². The van der Waals surface area contributed by atoms with E-state index in [0.29, 0.717) is 13.0 Å². The van der Waals surface area contributed by atoms with Gasteiger partial charge in [0.2, 0.25) is 0 Å². The fourth-order valence-corrected chi connectivity index (χ4v) is 3.64. The first-order chi connectivity index (χ1) is 7.54. The van der Waals surface area contributed by atoms with E-state index in [1.54, 1.807) is 0 Å². The number of hydrogen-bond acceptors (Lipinski definition) is 3. The molecule has 0 aliphatic carbocycles. The fourth-order valence-electron chi connectivity index (χ4n) is 1.10. The molecule has 88 valence electrons. The molecule has 0 unspecified atom stereocenters. The van der Waals surface area contributed by atoms with Crippen molar-refractivity contribution in [2.45, 2.75) is 6.42 Å². The first-order valence-corrected chi connectivity index (χ1v) is 6.87. The molecule has 0 aliphatic rings. The highest BCUT2D eigenvalue weighted by Crippen LogP contribution is 2.34. The zero-order valence-electron chi connectivity index (χ0n) is 8.52. The van der Waals surface area contributed by atoms with Gasteiger partial charge >= 0.3 is 5.97 Å². The van der Waals surface area contributed by atoms with E-state index >= 15 is 0 Å². The van der Waals surface area contributed by atoms with Crippen molar-refractivity contribution in [1.29, 1.82) is 0 Å². The number of hydrogen-bond donors (Lipinski definition) is 1. The van der Waals surface area contributed by atoms with Crippen LogP contribution in [0.5, 0.6) is 0 Å². The lowest BCUT2D eigenvalue weighted by Gasteiger charge is -2.10. The van der Waals surface area contributed by atoms with Crippen LogP contribution in [-0.2, 0) is 9.53 Å². The van der Waals surface area contributed by atoms with Crippen LogP contribution in [0.2, 0.25) is 0 Å². The molecule has 3 nitrogen and oxygen atoms in total. The van der Waals surface area contributed by atoms with Gasteiger partial charge in [-0.15, -0.1) is 0 Å². The third-order valence-corrected chi connectivity index (χ3v) is 3.57. The van der Waals surface area contributed by atoms with Crippen LogP contribution in [0.4, 0.5) is 5.69 Å². The molecule has 16 heavy (non-hydrogen) atoms. The number of nitrogens with one attached hydrogen (secondary N) is 1. The molecular weight excluding hydrogens is 406 g/mol. The second-order valence-electron chi connectivity index (χ2n) is 3.00. The average Bonchev–Trinajstić information content (AvgIpc) is 2.21. The Morgan fingerprint density at radius 1 is 1.31 bits per heavy atom. The van der Waals surface area contributed by atoms with Crippen molar-refractivity contribution in [3.63, 3.8) is 0 Å². The molecule has 0 bridgehead atoms. The number of carbonyl (C=O) groups is 1. The Bertz CT molecular complexity index is 373. The van der Waals surface area contributed by atoms with Gasteiger partial charge in [0.25, 0.3) is 0 Å². The minimum Gasteiger partial charge on any atom is -0.469 e. The van der Waals surface area contributed by atoms with Crippen molar-refractivity contribution in [3.8, 4) is 0 Å². The normalized spacial score (nSPS) is 10.0. The molecule has 0 saturated carbocycles. The van der Waals surface area contributed by atoms with Crippen LogP contribution in [0, 0.1) is 0 Å². The molecule has 6 heteroatoms. The van der Waals surface area contributed by atoms with E-state index in [-0.39, 0.29) is 5.97 Å². The molecule has 1 aromatic carbocycles. The number of anilines is 1. The van der Waals surface area contributed by atoms with Gasteiger partial charge in [0.05, 0.1) is 19.2 Å². The summed E-state index contributed by atoms with van der Waals surface area (Å²) in [7, 11) is 1.38. The molecule has 0 aromatic heterocycles. The second-order valence-corrected chi connectivity index (χ2v) is 5.62. The van der Waals surface area contributed by atoms with Crippen molar-refractivity contribution >= 4 is 59.4 Å². The summed E-state index contributed by atoms with van der Waals surface area (Å²) in [5, 5.41) is 3.16. The Balaban J connectivity index is 2.64. The first kappa shape index (κ1) is 14.0. The molecule has 0 aliphatic heterocycles. The van der Waals surface area contributed by atoms with E-state index in [1.165, 1.54) is 7.11 Å². The van der Waals surface area contributed by atoms with E-state index in [4.69, 9.17) is 0 Å². The lowest BCUT2D eigenvalue weighted by Crippen LogP contribution is -2.10. The predicted molar refractivity (Wildman–Crippen MR) is 74.7 cm³/mol. The standard InChI is InChI=1S/C10H10Br3NO2/c1-16-9(15)2-3-14-10-7(12)4-6(11)5-8(10)13/h4-5,14H,2-3H2,1H3. The minimum atomic E-state index is -0.225. The van der Waals surface area contributed by atoms with Crippen molar-refractivity contribution < 1.29 is 9.53 Å². The summed E-state index contributed by atoms with van der Waals surface area (Å²) < 4.78 is 7.39. The van der Waals surface area contributed by atoms with Gasteiger partial charge in [0.15, 0.2) is 0 Å². The smallest absolute Gasteiger partial charge is 0.307 e. The van der Waals surface area contributed by atoms with Gasteiger partial charge in [-0.25, -0.2) is 0 Å². The molecular formula is C10H10Br3NO2. The third-order valence-electron chi connectivity index (χ3n) is 1.87. The van der Waals surface area contributed by atoms with E-state index in [2.05, 4.69) is 57.8 Å². The monoisotopic (exact) mass is 413 g/mol. The summed E-state index contributed by atoms with van der Waals surface area (Å²) in [6.07, 6.45) is 0.339. The first-order valence-electron chi connectivity index (χ1n) is 4.50. The molecule has 1 rings (SSSR count). The number of ether oxygens (including phenoxy) is 1. The van der Waals surface area contributed by atoms with Crippen molar-refractivity contribution in [3.05, 3.63) is 25.6 Å². The van der Waals surface area contributed by atoms with E-state index in [0.717, 1.165) is 19.1 Å². The molecule has 1 N–H and O–H groups in total. The summed E-state index contributed by atoms with van der Waals surface area (Å²) in [4.78, 5) is 10.9. The Morgan fingerprint density at radius 2 is 1.88 bits per heavy atom. The molecule has 1 aromatic rings. The Labute approximate surface area is 119 Å². The van der Waals surface area contributed by atoms with Gasteiger partial charge in [-0.1, -0.05) is 15.9 Å². The zero-order valence-corrected chi connectivity index (χ0v) is 13.3. The number of rotatable bonds is 4. The molecule has 0 amide bonds. The van der Waals surface area contributed by atoms with Gasteiger partial charge in [0, 0.05) is 20.0 Å². The lowest BCUT2D eigenvalue weighted by atomic mass is 10.3. The Morgan fingerprint density at radius 3 is 2.38 bits per heavy atom. The molecule has 0 radical (unpaired) electrons. The molecule has 0 spiro atoms. The summed E-state index contributed by atoms with van der Waals surface area (Å²) in [5.41, 5.74) is 0.923. The highest BCUT2D eigenvalue weighted by atomic mass is 79.9. The van der Waals surface area contributed by atoms with Gasteiger partial charge in [-0.05, 0) is 44.0 Å². The van der Waals surface area contributed by atoms with Gasteiger partial charge in [-0.3, -0.25) is 4.79 Å². The van der Waals surface area contributed by atoms with E-state index in [9.17, 15) is 4.79 Å². The van der Waals surface area contributed by atoms with Crippen molar-refractivity contribution in [2.75, 3.05) is 19.0 Å². The van der Waals surface area contributed by atoms with Gasteiger partial charge in [-0.2, -0.15) is 0 Å². The largest absolute Gasteiger partial charge is 0.469 e. The summed E-state index contributed by atoms with van der Waals surface area (Å²) in [5.74, 6) is -0.225. The number of methoxy groups -OCH3 is 1. The number of esters is 1. The zero-order chi connectivity index (χ0) is 12.1. The topological polar surface area (TPSA) is 38.3 Å². The SMILES string of the molecule is COC(=O)CCNc1c(Br)cc(Br)cc1Br. The Hall–Kier alpha value is -0.0700. The maximum absolute atomic E-state index is 10.9. The molecule has 0 heterocycles. The van der Waals surface area contributed by atoms with Crippen LogP contribution >= 0.6 is 47.8 Å². The van der Waals surface area contributed by atoms with Crippen LogP contribution in [0.3, 0.4) is 0 Å². The van der Waals surface area contributed by atoms with Crippen LogP contribution < -0.4 is 5.32 Å². The quantitative estimate of drug-likeness (QED) is 0.757. The summed E-state index contributed by atoms with van der Waals surface area (Å²) in [6, 6.07) is 3.87. The summed E-state index contributed by atoms with van der Waals surface area (Å²) >= 11 is 10.3. The van der Waals surface area contributed by atoms with Gasteiger partial charge in [0.1, 0.15) is 0 Å². The number of carbonyl (C=O) groups excluding carboxylic acids is 1. The van der Waals surface area contributed by atoms with E-state index < -0.39 is 0 Å². The third kappa shape index (κ3) is 4.07. The van der Waals surface area contributed by atoms with Crippen molar-refractivity contribution in [2.24, 2.45) is 0 Å². The van der Waals surface area contributed by atoms with Gasteiger partial charge < -0.3 is 10.1 Å². The number of halogens is 3. The Kier molecular flexibility index (Phi) is 5.78. The average molecular weight is 416 g/mol. The highest BCUT2D eigenvalue weighted by Gasteiger charge is 2.07. The van der Waals surface area contributed by atoms with Crippen LogP contribution in [0.15, 0.2) is 25.6 Å². The van der Waals surface area contributed by atoms with E-state index in [1.807, 2.05) is 12.1 Å². The van der Waals surface area contributed by atoms with Crippen molar-refractivity contribution in [1.82, 2.24) is 0 Å². The predicted octanol–water partition coefficient (Wildman–Crippen LogP) is 3.95. The van der Waals surface area contributed by atoms with Crippen LogP contribution in [-0.4, -0.2) is 19.6 Å². The molecule has 0 saturated heterocycles. The maximum Gasteiger partial charge on any atom is 0.307 e. The molecule has 0 atom stereocenters. The lowest BCUT2D eigenvalue weighted by molar-refractivity contribution is -0.140. The number of benzene rings is 1. The molecule has 0 fully saturated rings. The highest BCUT2D eigenvalue weighted by molar-refractivity contribution is 9.11. The minimum absolute atomic E-state index is 0.225. The summed E-state index contributed by atoms with van der Waals surface area (Å²) in [6.45, 7) is 0.533. The van der Waals surface area contributed by atoms with Crippen LogP contribution in [0.25, 0.3) is 0 Å². The fraction of sp³-hybridized carbons (Fsp3) is 0.300.